The highest BCUT2D eigenvalue weighted by molar-refractivity contribution is 4.79. The fourth-order valence-corrected chi connectivity index (χ4v) is 2.94. The number of nitrogens with one attached hydrogen (secondary N) is 5. The van der Waals surface area contributed by atoms with E-state index in [9.17, 15) is 0 Å². The molecule has 0 amide bonds. The average molecular weight is 399 g/mol. The van der Waals surface area contributed by atoms with Crippen molar-refractivity contribution in [3.8, 4) is 0 Å². The largest absolute Gasteiger partial charge is 0.390 e. The molecule has 0 saturated heterocycles. The minimum Gasteiger partial charge on any atom is -0.390 e. The maximum Gasteiger partial charge on any atom is 0.0266 e. The van der Waals surface area contributed by atoms with Gasteiger partial charge in [-0.2, -0.15) is 0 Å². The van der Waals surface area contributed by atoms with Crippen LogP contribution >= 0.6 is 0 Å². The second kappa shape index (κ2) is 26.3. The van der Waals surface area contributed by atoms with Crippen molar-refractivity contribution in [2.75, 3.05) is 65.4 Å². The molecule has 0 aliphatic rings. The quantitative estimate of drug-likeness (QED) is 0.139. The first-order valence-electron chi connectivity index (χ1n) is 11.8. The molecule has 0 unspecified atom stereocenters. The highest BCUT2D eigenvalue weighted by Crippen LogP contribution is 2.09. The van der Waals surface area contributed by atoms with Gasteiger partial charge in [0.25, 0.3) is 0 Å². The number of unbranched alkanes of at least 4 members (excludes halogenated alkanes) is 8. The van der Waals surface area contributed by atoms with Crippen molar-refractivity contribution >= 4 is 0 Å². The fraction of sp³-hybridized carbons (Fsp3) is 0.909. The van der Waals surface area contributed by atoms with Gasteiger partial charge >= 0.3 is 0 Å². The topological polar surface area (TPSA) is 86.2 Å². The van der Waals surface area contributed by atoms with Gasteiger partial charge in [-0.05, 0) is 19.0 Å². The zero-order valence-corrected chi connectivity index (χ0v) is 18.7. The van der Waals surface area contributed by atoms with E-state index in [1.807, 2.05) is 0 Å². The Kier molecular flexibility index (Phi) is 25.7. The summed E-state index contributed by atoms with van der Waals surface area (Å²) in [7, 11) is 0. The van der Waals surface area contributed by atoms with Gasteiger partial charge in [-0.3, -0.25) is 0 Å². The third kappa shape index (κ3) is 25.3. The Labute approximate surface area is 175 Å². The first kappa shape index (κ1) is 27.3. The van der Waals surface area contributed by atoms with Crippen LogP contribution in [0.2, 0.25) is 0 Å². The lowest BCUT2D eigenvalue weighted by Crippen LogP contribution is -2.36. The van der Waals surface area contributed by atoms with Crippen molar-refractivity contribution in [2.45, 2.75) is 64.7 Å². The molecule has 0 aromatic rings. The monoisotopic (exact) mass is 398 g/mol. The molecule has 0 radical (unpaired) electrons. The Morgan fingerprint density at radius 1 is 0.571 bits per heavy atom. The molecule has 6 heteroatoms. The smallest absolute Gasteiger partial charge is 0.0266 e. The lowest BCUT2D eigenvalue weighted by molar-refractivity contribution is 0.565. The van der Waals surface area contributed by atoms with E-state index in [0.29, 0.717) is 6.54 Å². The summed E-state index contributed by atoms with van der Waals surface area (Å²) in [6.07, 6.45) is 16.7. The van der Waals surface area contributed by atoms with Crippen LogP contribution in [0.15, 0.2) is 12.3 Å². The summed E-state index contributed by atoms with van der Waals surface area (Å²) in [6.45, 7) is 11.9. The number of allylic oxidation sites excluding steroid dienone is 1. The van der Waals surface area contributed by atoms with Gasteiger partial charge in [0.15, 0.2) is 0 Å². The molecule has 0 fully saturated rings. The second-order valence-electron chi connectivity index (χ2n) is 7.41. The van der Waals surface area contributed by atoms with Crippen LogP contribution in [-0.4, -0.2) is 65.4 Å². The molecular weight excluding hydrogens is 348 g/mol. The second-order valence-corrected chi connectivity index (χ2v) is 7.41. The van der Waals surface area contributed by atoms with Crippen LogP contribution in [0.4, 0.5) is 0 Å². The minimum absolute atomic E-state index is 0.708. The molecule has 7 N–H and O–H groups in total. The van der Waals surface area contributed by atoms with Gasteiger partial charge in [0.1, 0.15) is 0 Å². The van der Waals surface area contributed by atoms with E-state index < -0.39 is 0 Å². The molecular formula is C22H50N6. The number of rotatable bonds is 24. The van der Waals surface area contributed by atoms with Gasteiger partial charge in [0.05, 0.1) is 0 Å². The predicted molar refractivity (Wildman–Crippen MR) is 125 cm³/mol. The van der Waals surface area contributed by atoms with Crippen molar-refractivity contribution in [1.29, 1.82) is 0 Å². The number of hydrogen-bond acceptors (Lipinski definition) is 6. The number of hydrogen-bond donors (Lipinski definition) is 6. The fourth-order valence-electron chi connectivity index (χ4n) is 2.94. The molecule has 0 bridgehead atoms. The van der Waals surface area contributed by atoms with Gasteiger partial charge in [0, 0.05) is 65.4 Å². The summed E-state index contributed by atoms with van der Waals surface area (Å²) in [6, 6.07) is 0. The average Bonchev–Trinajstić information content (AvgIpc) is 2.71. The van der Waals surface area contributed by atoms with E-state index in [0.717, 1.165) is 58.9 Å². The van der Waals surface area contributed by atoms with E-state index in [2.05, 4.69) is 45.8 Å². The molecule has 0 spiro atoms. The van der Waals surface area contributed by atoms with Crippen molar-refractivity contribution in [2.24, 2.45) is 5.73 Å². The Hall–Kier alpha value is -0.660. The van der Waals surface area contributed by atoms with Crippen LogP contribution in [-0.2, 0) is 0 Å². The normalized spacial score (nSPS) is 11.5. The summed E-state index contributed by atoms with van der Waals surface area (Å²) in [4.78, 5) is 0. The van der Waals surface area contributed by atoms with Crippen LogP contribution in [0.1, 0.15) is 64.7 Å². The number of nitrogens with two attached hydrogens (primary N) is 1. The zero-order valence-electron chi connectivity index (χ0n) is 18.7. The molecule has 0 aliphatic heterocycles. The molecule has 28 heavy (non-hydrogen) atoms. The van der Waals surface area contributed by atoms with Crippen LogP contribution in [0, 0.1) is 0 Å². The minimum atomic E-state index is 0.708. The molecule has 168 valence electrons. The van der Waals surface area contributed by atoms with Crippen LogP contribution in [0.3, 0.4) is 0 Å². The molecule has 6 nitrogen and oxygen atoms in total. The first-order chi connectivity index (χ1) is 13.9. The van der Waals surface area contributed by atoms with Crippen molar-refractivity contribution in [3.05, 3.63) is 12.3 Å². The Morgan fingerprint density at radius 2 is 1.04 bits per heavy atom. The molecule has 0 aromatic heterocycles. The molecule has 0 rings (SSSR count). The van der Waals surface area contributed by atoms with Crippen LogP contribution in [0.5, 0.6) is 0 Å². The summed E-state index contributed by atoms with van der Waals surface area (Å²) in [5, 5.41) is 16.9. The predicted octanol–water partition coefficient (Wildman–Crippen LogP) is 1.94. The van der Waals surface area contributed by atoms with Gasteiger partial charge in [-0.15, -0.1) is 0 Å². The summed E-state index contributed by atoms with van der Waals surface area (Å²) < 4.78 is 0. The van der Waals surface area contributed by atoms with Crippen molar-refractivity contribution < 1.29 is 0 Å². The van der Waals surface area contributed by atoms with Crippen molar-refractivity contribution in [1.82, 2.24) is 26.6 Å². The lowest BCUT2D eigenvalue weighted by Gasteiger charge is -2.08. The Balaban J connectivity index is 3.04. The zero-order chi connectivity index (χ0) is 20.4. The Bertz CT molecular complexity index is 299. The van der Waals surface area contributed by atoms with Gasteiger partial charge in [0.2, 0.25) is 0 Å². The van der Waals surface area contributed by atoms with E-state index in [-0.39, 0.29) is 0 Å². The van der Waals surface area contributed by atoms with E-state index in [4.69, 9.17) is 5.73 Å². The third-order valence-corrected chi connectivity index (χ3v) is 4.66. The van der Waals surface area contributed by atoms with Crippen molar-refractivity contribution in [3.63, 3.8) is 0 Å². The molecule has 0 aromatic carbocycles. The van der Waals surface area contributed by atoms with E-state index in [1.54, 1.807) is 0 Å². The van der Waals surface area contributed by atoms with E-state index in [1.165, 1.54) is 57.8 Å². The van der Waals surface area contributed by atoms with E-state index >= 15 is 0 Å². The SMILES string of the molecule is CCCCCCCCCCC=CNCCNCCNCCNCCNCCN. The molecule has 0 heterocycles. The summed E-state index contributed by atoms with van der Waals surface area (Å²) in [5.41, 5.74) is 5.42. The highest BCUT2D eigenvalue weighted by Gasteiger charge is 1.91. The standard InChI is InChI=1S/C22H50N6/c1-2-3-4-5-6-7-8-9-10-11-13-24-15-17-26-19-21-28-22-20-27-18-16-25-14-12-23/h11,13,24-28H,2-10,12,14-23H2,1H3. The lowest BCUT2D eigenvalue weighted by atomic mass is 10.1. The van der Waals surface area contributed by atoms with Crippen LogP contribution in [0.25, 0.3) is 0 Å². The van der Waals surface area contributed by atoms with Gasteiger partial charge in [-0.25, -0.2) is 0 Å². The third-order valence-electron chi connectivity index (χ3n) is 4.66. The maximum atomic E-state index is 5.42. The Morgan fingerprint density at radius 3 is 1.57 bits per heavy atom. The summed E-state index contributed by atoms with van der Waals surface area (Å²) >= 11 is 0. The molecule has 0 atom stereocenters. The molecule has 0 aliphatic carbocycles. The maximum absolute atomic E-state index is 5.42. The van der Waals surface area contributed by atoms with Gasteiger partial charge in [-0.1, -0.05) is 57.9 Å². The first-order valence-corrected chi connectivity index (χ1v) is 11.8. The van der Waals surface area contributed by atoms with Gasteiger partial charge < -0.3 is 32.3 Å². The summed E-state index contributed by atoms with van der Waals surface area (Å²) in [5.74, 6) is 0. The highest BCUT2D eigenvalue weighted by atomic mass is 15.0. The van der Waals surface area contributed by atoms with Crippen LogP contribution < -0.4 is 32.3 Å². The molecule has 0 saturated carbocycles.